The highest BCUT2D eigenvalue weighted by atomic mass is 16.3. The van der Waals surface area contributed by atoms with Crippen molar-refractivity contribution in [3.8, 4) is 0 Å². The van der Waals surface area contributed by atoms with Crippen LogP contribution in [0, 0.1) is 19.3 Å². The fraction of sp³-hybridized carbons (Fsp3) is 0.588. The Labute approximate surface area is 121 Å². The van der Waals surface area contributed by atoms with Crippen LogP contribution in [0.4, 0.5) is 0 Å². The van der Waals surface area contributed by atoms with Crippen LogP contribution in [-0.4, -0.2) is 24.2 Å². The molecule has 0 atom stereocenters. The third-order valence-electron chi connectivity index (χ3n) is 4.72. The summed E-state index contributed by atoms with van der Waals surface area (Å²) in [6, 6.07) is 5.80. The lowest BCUT2D eigenvalue weighted by molar-refractivity contribution is 0.0717. The summed E-state index contributed by atoms with van der Waals surface area (Å²) in [6.07, 6.45) is 5.57. The van der Waals surface area contributed by atoms with Crippen molar-refractivity contribution in [3.05, 3.63) is 34.9 Å². The monoisotopic (exact) mass is 275 g/mol. The Morgan fingerprint density at radius 3 is 2.60 bits per heavy atom. The molecule has 0 aliphatic heterocycles. The van der Waals surface area contributed by atoms with Gasteiger partial charge in [-0.3, -0.25) is 4.79 Å². The average Bonchev–Trinajstić information content (AvgIpc) is 2.48. The van der Waals surface area contributed by atoms with Crippen LogP contribution in [0.3, 0.4) is 0 Å². The number of nitrogens with one attached hydrogen (secondary N) is 1. The Hall–Kier alpha value is -1.35. The van der Waals surface area contributed by atoms with Crippen molar-refractivity contribution in [1.82, 2.24) is 5.32 Å². The van der Waals surface area contributed by atoms with E-state index in [-0.39, 0.29) is 17.9 Å². The first-order valence-electron chi connectivity index (χ1n) is 7.53. The molecule has 1 amide bonds. The summed E-state index contributed by atoms with van der Waals surface area (Å²) in [5.74, 6) is -0.0235. The quantitative estimate of drug-likeness (QED) is 0.887. The number of aliphatic hydroxyl groups excluding tert-OH is 1. The van der Waals surface area contributed by atoms with Crippen LogP contribution in [-0.2, 0) is 0 Å². The number of hydrogen-bond acceptors (Lipinski definition) is 2. The van der Waals surface area contributed by atoms with Crippen molar-refractivity contribution in [3.63, 3.8) is 0 Å². The molecule has 1 fully saturated rings. The molecule has 1 aliphatic carbocycles. The Kier molecular flexibility index (Phi) is 4.81. The third-order valence-corrected chi connectivity index (χ3v) is 4.72. The summed E-state index contributed by atoms with van der Waals surface area (Å²) < 4.78 is 0. The van der Waals surface area contributed by atoms with Gasteiger partial charge in [0.1, 0.15) is 0 Å². The van der Waals surface area contributed by atoms with E-state index in [0.29, 0.717) is 6.54 Å². The number of hydrogen-bond donors (Lipinski definition) is 2. The lowest BCUT2D eigenvalue weighted by Crippen LogP contribution is -2.41. The van der Waals surface area contributed by atoms with Crippen LogP contribution >= 0.6 is 0 Å². The second-order valence-electron chi connectivity index (χ2n) is 6.15. The van der Waals surface area contributed by atoms with E-state index in [4.69, 9.17) is 0 Å². The zero-order valence-electron chi connectivity index (χ0n) is 12.5. The van der Waals surface area contributed by atoms with Gasteiger partial charge in [0.15, 0.2) is 0 Å². The van der Waals surface area contributed by atoms with Crippen molar-refractivity contribution in [1.29, 1.82) is 0 Å². The van der Waals surface area contributed by atoms with Crippen LogP contribution in [0.5, 0.6) is 0 Å². The maximum Gasteiger partial charge on any atom is 0.251 e. The number of rotatable bonds is 4. The number of aryl methyl sites for hydroxylation is 1. The maximum atomic E-state index is 12.3. The molecular weight excluding hydrogens is 250 g/mol. The Bertz CT molecular complexity index is 476. The molecule has 20 heavy (non-hydrogen) atoms. The number of aliphatic hydroxyl groups is 1. The first kappa shape index (κ1) is 15.0. The summed E-state index contributed by atoms with van der Waals surface area (Å²) in [5, 5.41) is 12.7. The lowest BCUT2D eigenvalue weighted by atomic mass is 9.74. The molecule has 110 valence electrons. The van der Waals surface area contributed by atoms with Crippen LogP contribution in [0.15, 0.2) is 18.2 Å². The highest BCUT2D eigenvalue weighted by Crippen LogP contribution is 2.35. The van der Waals surface area contributed by atoms with Crippen molar-refractivity contribution < 1.29 is 9.90 Å². The van der Waals surface area contributed by atoms with Crippen LogP contribution < -0.4 is 5.32 Å². The molecular formula is C17H25NO2. The highest BCUT2D eigenvalue weighted by molar-refractivity contribution is 5.95. The molecule has 0 radical (unpaired) electrons. The molecule has 1 aromatic carbocycles. The second kappa shape index (κ2) is 6.40. The fourth-order valence-corrected chi connectivity index (χ4v) is 3.05. The normalized spacial score (nSPS) is 17.8. The molecule has 2 rings (SSSR count). The molecule has 1 aromatic rings. The van der Waals surface area contributed by atoms with Gasteiger partial charge in [-0.2, -0.15) is 0 Å². The van der Waals surface area contributed by atoms with Gasteiger partial charge >= 0.3 is 0 Å². The molecule has 1 saturated carbocycles. The van der Waals surface area contributed by atoms with E-state index >= 15 is 0 Å². The topological polar surface area (TPSA) is 49.3 Å². The maximum absolute atomic E-state index is 12.3. The van der Waals surface area contributed by atoms with E-state index in [9.17, 15) is 9.90 Å². The largest absolute Gasteiger partial charge is 0.396 e. The van der Waals surface area contributed by atoms with Gasteiger partial charge in [-0.15, -0.1) is 0 Å². The van der Waals surface area contributed by atoms with Gasteiger partial charge in [0.05, 0.1) is 6.61 Å². The summed E-state index contributed by atoms with van der Waals surface area (Å²) in [6.45, 7) is 4.74. The molecule has 3 heteroatoms. The molecule has 0 saturated heterocycles. The Balaban J connectivity index is 2.02. The Morgan fingerprint density at radius 1 is 1.25 bits per heavy atom. The van der Waals surface area contributed by atoms with Crippen molar-refractivity contribution in [2.24, 2.45) is 5.41 Å². The minimum Gasteiger partial charge on any atom is -0.396 e. The summed E-state index contributed by atoms with van der Waals surface area (Å²) in [7, 11) is 0. The predicted octanol–water partition coefficient (Wildman–Crippen LogP) is 2.98. The van der Waals surface area contributed by atoms with Gasteiger partial charge in [0.2, 0.25) is 0 Å². The van der Waals surface area contributed by atoms with E-state index < -0.39 is 0 Å². The molecule has 0 unspecified atom stereocenters. The van der Waals surface area contributed by atoms with Gasteiger partial charge in [-0.1, -0.05) is 31.4 Å². The third kappa shape index (κ3) is 3.21. The lowest BCUT2D eigenvalue weighted by Gasteiger charge is -2.35. The smallest absolute Gasteiger partial charge is 0.251 e. The van der Waals surface area contributed by atoms with Gasteiger partial charge in [-0.25, -0.2) is 0 Å². The van der Waals surface area contributed by atoms with E-state index in [1.165, 1.54) is 6.42 Å². The van der Waals surface area contributed by atoms with Crippen molar-refractivity contribution in [2.75, 3.05) is 13.2 Å². The molecule has 0 aromatic heterocycles. The summed E-state index contributed by atoms with van der Waals surface area (Å²) in [5.41, 5.74) is 2.80. The number of benzene rings is 1. The molecule has 0 bridgehead atoms. The summed E-state index contributed by atoms with van der Waals surface area (Å²) in [4.78, 5) is 12.3. The van der Waals surface area contributed by atoms with Gasteiger partial charge in [0.25, 0.3) is 5.91 Å². The molecule has 1 aliphatic rings. The number of amides is 1. The molecule has 2 N–H and O–H groups in total. The van der Waals surface area contributed by atoms with E-state index in [1.54, 1.807) is 0 Å². The SMILES string of the molecule is Cc1cccc(C(=O)NCC2(CO)CCCCC2)c1C. The standard InChI is InChI=1S/C17H25NO2/c1-13-7-6-8-15(14(13)2)16(20)18-11-17(12-19)9-4-3-5-10-17/h6-8,19H,3-5,9-12H2,1-2H3,(H,18,20). The minimum absolute atomic E-state index is 0.0235. The average molecular weight is 275 g/mol. The Morgan fingerprint density at radius 2 is 1.95 bits per heavy atom. The zero-order chi connectivity index (χ0) is 14.6. The van der Waals surface area contributed by atoms with Crippen molar-refractivity contribution in [2.45, 2.75) is 46.0 Å². The van der Waals surface area contributed by atoms with Crippen molar-refractivity contribution >= 4 is 5.91 Å². The van der Waals surface area contributed by atoms with E-state index in [1.807, 2.05) is 32.0 Å². The minimum atomic E-state index is -0.106. The molecule has 0 spiro atoms. The first-order valence-corrected chi connectivity index (χ1v) is 7.53. The summed E-state index contributed by atoms with van der Waals surface area (Å²) >= 11 is 0. The first-order chi connectivity index (χ1) is 9.58. The fourth-order valence-electron chi connectivity index (χ4n) is 3.05. The highest BCUT2D eigenvalue weighted by Gasteiger charge is 2.31. The second-order valence-corrected chi connectivity index (χ2v) is 6.15. The van der Waals surface area contributed by atoms with Gasteiger partial charge < -0.3 is 10.4 Å². The van der Waals surface area contributed by atoms with Gasteiger partial charge in [0, 0.05) is 17.5 Å². The molecule has 0 heterocycles. The van der Waals surface area contributed by atoms with Crippen LogP contribution in [0.2, 0.25) is 0 Å². The predicted molar refractivity (Wildman–Crippen MR) is 80.9 cm³/mol. The zero-order valence-corrected chi connectivity index (χ0v) is 12.5. The molecule has 3 nitrogen and oxygen atoms in total. The van der Waals surface area contributed by atoms with Gasteiger partial charge in [-0.05, 0) is 43.9 Å². The van der Waals surface area contributed by atoms with E-state index in [0.717, 1.165) is 42.4 Å². The van der Waals surface area contributed by atoms with E-state index in [2.05, 4.69) is 5.32 Å². The number of carbonyl (C=O) groups excluding carboxylic acids is 1. The number of carbonyl (C=O) groups is 1. The van der Waals surface area contributed by atoms with Crippen LogP contribution in [0.1, 0.15) is 53.6 Å². The van der Waals surface area contributed by atoms with Crippen LogP contribution in [0.25, 0.3) is 0 Å².